The van der Waals surface area contributed by atoms with Crippen molar-refractivity contribution >= 4 is 5.91 Å². The van der Waals surface area contributed by atoms with Gasteiger partial charge in [-0.1, -0.05) is 13.0 Å². The zero-order chi connectivity index (χ0) is 15.3. The quantitative estimate of drug-likeness (QED) is 0.839. The van der Waals surface area contributed by atoms with Gasteiger partial charge in [0.15, 0.2) is 6.61 Å². The first kappa shape index (κ1) is 16.3. The number of benzene rings is 1. The molecule has 0 saturated heterocycles. The van der Waals surface area contributed by atoms with Crippen molar-refractivity contribution in [2.24, 2.45) is 11.5 Å². The molecule has 20 heavy (non-hydrogen) atoms. The Morgan fingerprint density at radius 3 is 2.55 bits per heavy atom. The summed E-state index contributed by atoms with van der Waals surface area (Å²) >= 11 is 0. The Morgan fingerprint density at radius 2 is 2.05 bits per heavy atom. The molecule has 0 radical (unpaired) electrons. The summed E-state index contributed by atoms with van der Waals surface area (Å²) in [6, 6.07) is 3.48. The summed E-state index contributed by atoms with van der Waals surface area (Å²) in [4.78, 5) is 10.6. The van der Waals surface area contributed by atoms with E-state index in [9.17, 15) is 18.0 Å². The lowest BCUT2D eigenvalue weighted by molar-refractivity contribution is -0.139. The third kappa shape index (κ3) is 4.73. The maximum absolute atomic E-state index is 12.9. The van der Waals surface area contributed by atoms with E-state index in [0.717, 1.165) is 6.07 Å². The number of primary amides is 1. The number of halogens is 3. The number of ether oxygens (including phenoxy) is 1. The van der Waals surface area contributed by atoms with E-state index in [4.69, 9.17) is 16.2 Å². The van der Waals surface area contributed by atoms with E-state index in [1.54, 1.807) is 0 Å². The standard InChI is InChI=1S/C13H17F3N2O2/c1-2-9(17)5-8-3-4-11(20-7-12(18)19)10(6-8)13(14,15)16/h3-4,6,9H,2,5,7,17H2,1H3,(H2,18,19). The average Bonchev–Trinajstić information content (AvgIpc) is 2.35. The van der Waals surface area contributed by atoms with Crippen LogP contribution in [0.15, 0.2) is 18.2 Å². The van der Waals surface area contributed by atoms with Crippen molar-refractivity contribution < 1.29 is 22.7 Å². The fourth-order valence-corrected chi connectivity index (χ4v) is 1.65. The summed E-state index contributed by atoms with van der Waals surface area (Å²) in [5.74, 6) is -1.25. The summed E-state index contributed by atoms with van der Waals surface area (Å²) < 4.78 is 43.6. The molecule has 1 aromatic rings. The molecule has 0 saturated carbocycles. The Morgan fingerprint density at radius 1 is 1.40 bits per heavy atom. The van der Waals surface area contributed by atoms with Crippen LogP contribution in [0.5, 0.6) is 5.75 Å². The van der Waals surface area contributed by atoms with Gasteiger partial charge in [-0.2, -0.15) is 13.2 Å². The van der Waals surface area contributed by atoms with Gasteiger partial charge in [0.25, 0.3) is 5.91 Å². The number of carbonyl (C=O) groups is 1. The number of carbonyl (C=O) groups excluding carboxylic acids is 1. The van der Waals surface area contributed by atoms with Crippen LogP contribution in [0, 0.1) is 0 Å². The Kier molecular flexibility index (Phi) is 5.38. The van der Waals surface area contributed by atoms with Crippen LogP contribution in [0.25, 0.3) is 0 Å². The molecule has 7 heteroatoms. The fourth-order valence-electron chi connectivity index (χ4n) is 1.65. The van der Waals surface area contributed by atoms with E-state index in [0.29, 0.717) is 18.4 Å². The Balaban J connectivity index is 3.04. The molecule has 1 amide bonds. The predicted octanol–water partition coefficient (Wildman–Crippen LogP) is 1.85. The highest BCUT2D eigenvalue weighted by molar-refractivity contribution is 5.75. The van der Waals surface area contributed by atoms with Crippen LogP contribution in [0.1, 0.15) is 24.5 Å². The van der Waals surface area contributed by atoms with Crippen molar-refractivity contribution in [3.8, 4) is 5.75 Å². The number of hydrogen-bond donors (Lipinski definition) is 2. The van der Waals surface area contributed by atoms with E-state index in [1.807, 2.05) is 6.92 Å². The van der Waals surface area contributed by atoms with Crippen LogP contribution in [-0.4, -0.2) is 18.6 Å². The van der Waals surface area contributed by atoms with Crippen LogP contribution >= 0.6 is 0 Å². The SMILES string of the molecule is CCC(N)Cc1ccc(OCC(N)=O)c(C(F)(F)F)c1. The van der Waals surface area contributed by atoms with Crippen molar-refractivity contribution in [1.29, 1.82) is 0 Å². The molecule has 1 rings (SSSR count). The van der Waals surface area contributed by atoms with Crippen molar-refractivity contribution in [2.75, 3.05) is 6.61 Å². The van der Waals surface area contributed by atoms with E-state index >= 15 is 0 Å². The summed E-state index contributed by atoms with van der Waals surface area (Å²) in [5, 5.41) is 0. The molecule has 1 aromatic carbocycles. The molecule has 0 aliphatic carbocycles. The molecule has 0 spiro atoms. The topological polar surface area (TPSA) is 78.3 Å². The molecule has 0 bridgehead atoms. The van der Waals surface area contributed by atoms with Gasteiger partial charge in [-0.3, -0.25) is 4.79 Å². The highest BCUT2D eigenvalue weighted by Gasteiger charge is 2.34. The maximum Gasteiger partial charge on any atom is 0.419 e. The van der Waals surface area contributed by atoms with Crippen molar-refractivity contribution in [1.82, 2.24) is 0 Å². The van der Waals surface area contributed by atoms with Gasteiger partial charge in [0.2, 0.25) is 0 Å². The van der Waals surface area contributed by atoms with Gasteiger partial charge in [0.05, 0.1) is 5.56 Å². The molecule has 0 aliphatic heterocycles. The predicted molar refractivity (Wildman–Crippen MR) is 68.1 cm³/mol. The number of hydrogen-bond acceptors (Lipinski definition) is 3. The van der Waals surface area contributed by atoms with Crippen LogP contribution in [0.4, 0.5) is 13.2 Å². The van der Waals surface area contributed by atoms with E-state index in [2.05, 4.69) is 0 Å². The van der Waals surface area contributed by atoms with Gasteiger partial charge >= 0.3 is 6.18 Å². The minimum absolute atomic E-state index is 0.200. The number of rotatable bonds is 6. The first-order valence-electron chi connectivity index (χ1n) is 6.10. The smallest absolute Gasteiger partial charge is 0.419 e. The van der Waals surface area contributed by atoms with Gasteiger partial charge in [-0.05, 0) is 30.5 Å². The normalized spacial score (nSPS) is 13.1. The van der Waals surface area contributed by atoms with Gasteiger partial charge in [-0.25, -0.2) is 0 Å². The second kappa shape index (κ2) is 6.60. The largest absolute Gasteiger partial charge is 0.483 e. The van der Waals surface area contributed by atoms with Gasteiger partial charge in [-0.15, -0.1) is 0 Å². The monoisotopic (exact) mass is 290 g/mol. The third-order valence-electron chi connectivity index (χ3n) is 2.74. The highest BCUT2D eigenvalue weighted by atomic mass is 19.4. The zero-order valence-electron chi connectivity index (χ0n) is 11.0. The van der Waals surface area contributed by atoms with Gasteiger partial charge in [0, 0.05) is 6.04 Å². The van der Waals surface area contributed by atoms with Crippen LogP contribution in [0.3, 0.4) is 0 Å². The first-order chi connectivity index (χ1) is 9.24. The molecule has 0 aromatic heterocycles. The molecular weight excluding hydrogens is 273 g/mol. The number of amides is 1. The summed E-state index contributed by atoms with van der Waals surface area (Å²) in [5.41, 5.74) is 10.1. The molecule has 1 unspecified atom stereocenters. The van der Waals surface area contributed by atoms with Crippen LogP contribution in [0.2, 0.25) is 0 Å². The van der Waals surface area contributed by atoms with Crippen molar-refractivity contribution in [3.63, 3.8) is 0 Å². The Hall–Kier alpha value is -1.76. The molecule has 0 heterocycles. The molecule has 112 valence electrons. The summed E-state index contributed by atoms with van der Waals surface area (Å²) in [7, 11) is 0. The molecule has 0 fully saturated rings. The minimum atomic E-state index is -4.57. The Bertz CT molecular complexity index is 475. The zero-order valence-corrected chi connectivity index (χ0v) is 11.0. The van der Waals surface area contributed by atoms with E-state index in [1.165, 1.54) is 12.1 Å². The van der Waals surface area contributed by atoms with Crippen LogP contribution in [-0.2, 0) is 17.4 Å². The van der Waals surface area contributed by atoms with E-state index < -0.39 is 30.0 Å². The molecule has 4 N–H and O–H groups in total. The van der Waals surface area contributed by atoms with E-state index in [-0.39, 0.29) is 6.04 Å². The lowest BCUT2D eigenvalue weighted by Gasteiger charge is -2.16. The summed E-state index contributed by atoms with van der Waals surface area (Å²) in [6.07, 6.45) is -3.56. The highest BCUT2D eigenvalue weighted by Crippen LogP contribution is 2.37. The van der Waals surface area contributed by atoms with Crippen LogP contribution < -0.4 is 16.2 Å². The maximum atomic E-state index is 12.9. The average molecular weight is 290 g/mol. The van der Waals surface area contributed by atoms with Crippen molar-refractivity contribution in [2.45, 2.75) is 32.0 Å². The lowest BCUT2D eigenvalue weighted by atomic mass is 10.0. The second-order valence-electron chi connectivity index (χ2n) is 4.46. The number of nitrogens with two attached hydrogens (primary N) is 2. The second-order valence-corrected chi connectivity index (χ2v) is 4.46. The van der Waals surface area contributed by atoms with Crippen molar-refractivity contribution in [3.05, 3.63) is 29.3 Å². The van der Waals surface area contributed by atoms with Gasteiger partial charge < -0.3 is 16.2 Å². The molecule has 1 atom stereocenters. The Labute approximate surface area is 114 Å². The third-order valence-corrected chi connectivity index (χ3v) is 2.74. The minimum Gasteiger partial charge on any atom is -0.483 e. The fraction of sp³-hybridized carbons (Fsp3) is 0.462. The number of alkyl halides is 3. The lowest BCUT2D eigenvalue weighted by Crippen LogP contribution is -2.23. The molecule has 4 nitrogen and oxygen atoms in total. The molecular formula is C13H17F3N2O2. The summed E-state index contributed by atoms with van der Waals surface area (Å²) in [6.45, 7) is 1.26. The van der Waals surface area contributed by atoms with Gasteiger partial charge in [0.1, 0.15) is 5.75 Å². The first-order valence-corrected chi connectivity index (χ1v) is 6.10. The molecule has 0 aliphatic rings.